The van der Waals surface area contributed by atoms with E-state index in [4.69, 9.17) is 4.74 Å². The lowest BCUT2D eigenvalue weighted by atomic mass is 9.98. The Morgan fingerprint density at radius 3 is 2.56 bits per heavy atom. The van der Waals surface area contributed by atoms with Crippen LogP contribution in [0.25, 0.3) is 5.69 Å². The summed E-state index contributed by atoms with van der Waals surface area (Å²) in [5.41, 5.74) is 0.781. The first-order valence-corrected chi connectivity index (χ1v) is 8.54. The third-order valence-corrected chi connectivity index (χ3v) is 4.66. The van der Waals surface area contributed by atoms with E-state index in [9.17, 15) is 9.59 Å². The molecule has 4 rings (SSSR count). The number of aromatic nitrogens is 4. The van der Waals surface area contributed by atoms with Gasteiger partial charge in [0.25, 0.3) is 0 Å². The maximum atomic E-state index is 12.4. The minimum Gasteiger partial charge on any atom is -0.426 e. The molecule has 1 aliphatic carbocycles. The van der Waals surface area contributed by atoms with Gasteiger partial charge in [0.05, 0.1) is 11.6 Å². The monoisotopic (exact) mass is 341 g/mol. The highest BCUT2D eigenvalue weighted by atomic mass is 16.5. The van der Waals surface area contributed by atoms with E-state index in [0.717, 1.165) is 37.9 Å². The Bertz CT molecular complexity index is 755. The van der Waals surface area contributed by atoms with Gasteiger partial charge in [0.15, 0.2) is 0 Å². The van der Waals surface area contributed by atoms with Crippen LogP contribution in [0.2, 0.25) is 0 Å². The number of esters is 1. The zero-order chi connectivity index (χ0) is 17.2. The molecule has 2 aromatic rings. The molecule has 2 heterocycles. The number of piperidine rings is 1. The van der Waals surface area contributed by atoms with E-state index < -0.39 is 0 Å². The highest BCUT2D eigenvalue weighted by Crippen LogP contribution is 2.32. The third-order valence-electron chi connectivity index (χ3n) is 4.66. The van der Waals surface area contributed by atoms with Crippen molar-refractivity contribution >= 4 is 11.9 Å². The van der Waals surface area contributed by atoms with Crippen LogP contribution in [0.15, 0.2) is 30.6 Å². The smallest absolute Gasteiger partial charge is 0.316 e. The van der Waals surface area contributed by atoms with Crippen LogP contribution < -0.4 is 4.74 Å². The molecule has 2 fully saturated rings. The highest BCUT2D eigenvalue weighted by Gasteiger charge is 2.37. The molecule has 0 bridgehead atoms. The zero-order valence-electron chi connectivity index (χ0n) is 13.7. The SMILES string of the molecule is O=C(Oc1ccc(-n2cnnn2)cc1)C1CCCN(C(=O)C2CC2)C1. The Labute approximate surface area is 144 Å². The first-order chi connectivity index (χ1) is 12.2. The number of benzene rings is 1. The summed E-state index contributed by atoms with van der Waals surface area (Å²) in [6, 6.07) is 6.99. The van der Waals surface area contributed by atoms with Crippen molar-refractivity contribution < 1.29 is 14.3 Å². The molecule has 0 N–H and O–H groups in total. The molecule has 1 aromatic heterocycles. The van der Waals surface area contributed by atoms with Crippen molar-refractivity contribution in [2.75, 3.05) is 13.1 Å². The zero-order valence-corrected chi connectivity index (χ0v) is 13.7. The van der Waals surface area contributed by atoms with E-state index in [1.165, 1.54) is 11.0 Å². The molecular weight excluding hydrogens is 322 g/mol. The Hall–Kier alpha value is -2.77. The number of hydrogen-bond acceptors (Lipinski definition) is 6. The van der Waals surface area contributed by atoms with Gasteiger partial charge in [0, 0.05) is 19.0 Å². The molecule has 1 saturated carbocycles. The van der Waals surface area contributed by atoms with E-state index in [1.807, 2.05) is 4.90 Å². The number of ether oxygens (including phenoxy) is 1. The van der Waals surface area contributed by atoms with E-state index in [1.54, 1.807) is 24.3 Å². The summed E-state index contributed by atoms with van der Waals surface area (Å²) in [7, 11) is 0. The largest absolute Gasteiger partial charge is 0.426 e. The van der Waals surface area contributed by atoms with Gasteiger partial charge in [-0.25, -0.2) is 4.68 Å². The lowest BCUT2D eigenvalue weighted by molar-refractivity contribution is -0.143. The summed E-state index contributed by atoms with van der Waals surface area (Å²) in [4.78, 5) is 26.5. The summed E-state index contributed by atoms with van der Waals surface area (Å²) in [6.07, 6.45) is 5.07. The number of amides is 1. The van der Waals surface area contributed by atoms with Gasteiger partial charge in [-0.2, -0.15) is 0 Å². The summed E-state index contributed by atoms with van der Waals surface area (Å²) in [6.45, 7) is 1.22. The van der Waals surface area contributed by atoms with Gasteiger partial charge in [-0.05, 0) is 60.4 Å². The third kappa shape index (κ3) is 3.52. The second-order valence-electron chi connectivity index (χ2n) is 6.57. The Morgan fingerprint density at radius 2 is 1.88 bits per heavy atom. The lowest BCUT2D eigenvalue weighted by Crippen LogP contribution is -2.44. The van der Waals surface area contributed by atoms with Gasteiger partial charge in [0.2, 0.25) is 5.91 Å². The van der Waals surface area contributed by atoms with Gasteiger partial charge in [0.1, 0.15) is 12.1 Å². The van der Waals surface area contributed by atoms with Crippen LogP contribution >= 0.6 is 0 Å². The predicted octanol–water partition coefficient (Wildman–Crippen LogP) is 1.22. The molecule has 2 aliphatic rings. The number of hydrogen-bond donors (Lipinski definition) is 0. The van der Waals surface area contributed by atoms with E-state index in [2.05, 4.69) is 15.5 Å². The molecule has 1 aromatic carbocycles. The van der Waals surface area contributed by atoms with Crippen molar-refractivity contribution in [2.24, 2.45) is 11.8 Å². The van der Waals surface area contributed by atoms with Crippen molar-refractivity contribution in [1.82, 2.24) is 25.1 Å². The van der Waals surface area contributed by atoms with E-state index in [0.29, 0.717) is 12.3 Å². The molecule has 0 radical (unpaired) electrons. The van der Waals surface area contributed by atoms with Crippen molar-refractivity contribution in [3.05, 3.63) is 30.6 Å². The number of carbonyl (C=O) groups is 2. The van der Waals surface area contributed by atoms with Gasteiger partial charge in [-0.3, -0.25) is 9.59 Å². The average Bonchev–Trinajstić information content (AvgIpc) is 3.36. The second kappa shape index (κ2) is 6.62. The quantitative estimate of drug-likeness (QED) is 0.613. The Kier molecular flexibility index (Phi) is 4.17. The number of tetrazole rings is 1. The molecule has 1 atom stereocenters. The van der Waals surface area contributed by atoms with Gasteiger partial charge >= 0.3 is 5.97 Å². The summed E-state index contributed by atoms with van der Waals surface area (Å²) in [5, 5.41) is 11.0. The summed E-state index contributed by atoms with van der Waals surface area (Å²) >= 11 is 0. The molecule has 1 unspecified atom stereocenters. The topological polar surface area (TPSA) is 90.2 Å². The molecule has 130 valence electrons. The van der Waals surface area contributed by atoms with Crippen molar-refractivity contribution in [1.29, 1.82) is 0 Å². The second-order valence-corrected chi connectivity index (χ2v) is 6.57. The van der Waals surface area contributed by atoms with Crippen LogP contribution in [0.5, 0.6) is 5.75 Å². The van der Waals surface area contributed by atoms with Crippen molar-refractivity contribution in [3.63, 3.8) is 0 Å². The molecule has 8 nitrogen and oxygen atoms in total. The minimum absolute atomic E-state index is 0.189. The fraction of sp³-hybridized carbons (Fsp3) is 0.471. The number of likely N-dealkylation sites (tertiary alicyclic amines) is 1. The molecule has 0 spiro atoms. The normalized spacial score (nSPS) is 20.3. The van der Waals surface area contributed by atoms with Crippen molar-refractivity contribution in [3.8, 4) is 11.4 Å². The molecule has 1 saturated heterocycles. The Morgan fingerprint density at radius 1 is 1.08 bits per heavy atom. The van der Waals surface area contributed by atoms with Crippen LogP contribution in [0.3, 0.4) is 0 Å². The Balaban J connectivity index is 1.37. The number of nitrogens with zero attached hydrogens (tertiary/aromatic N) is 5. The highest BCUT2D eigenvalue weighted by molar-refractivity contribution is 5.82. The van der Waals surface area contributed by atoms with Crippen LogP contribution in [-0.4, -0.2) is 50.1 Å². The van der Waals surface area contributed by atoms with Gasteiger partial charge in [-0.15, -0.1) is 5.10 Å². The minimum atomic E-state index is -0.275. The van der Waals surface area contributed by atoms with Gasteiger partial charge < -0.3 is 9.64 Å². The molecule has 25 heavy (non-hydrogen) atoms. The first-order valence-electron chi connectivity index (χ1n) is 8.54. The fourth-order valence-corrected chi connectivity index (χ4v) is 3.10. The lowest BCUT2D eigenvalue weighted by Gasteiger charge is -2.31. The first kappa shape index (κ1) is 15.7. The molecular formula is C17H19N5O3. The van der Waals surface area contributed by atoms with Crippen LogP contribution in [0, 0.1) is 11.8 Å². The van der Waals surface area contributed by atoms with Crippen LogP contribution in [-0.2, 0) is 9.59 Å². The summed E-state index contributed by atoms with van der Waals surface area (Å²) in [5.74, 6) is 0.337. The predicted molar refractivity (Wildman–Crippen MR) is 86.8 cm³/mol. The average molecular weight is 341 g/mol. The molecule has 1 amide bonds. The van der Waals surface area contributed by atoms with E-state index in [-0.39, 0.29) is 23.7 Å². The summed E-state index contributed by atoms with van der Waals surface area (Å²) < 4.78 is 7.01. The maximum Gasteiger partial charge on any atom is 0.316 e. The van der Waals surface area contributed by atoms with E-state index >= 15 is 0 Å². The fourth-order valence-electron chi connectivity index (χ4n) is 3.10. The molecule has 1 aliphatic heterocycles. The number of carbonyl (C=O) groups excluding carboxylic acids is 2. The van der Waals surface area contributed by atoms with Crippen molar-refractivity contribution in [2.45, 2.75) is 25.7 Å². The van der Waals surface area contributed by atoms with Crippen LogP contribution in [0.4, 0.5) is 0 Å². The van der Waals surface area contributed by atoms with Crippen LogP contribution in [0.1, 0.15) is 25.7 Å². The standard InChI is InChI=1S/C17H19N5O3/c23-16(12-3-4-12)21-9-1-2-13(10-21)17(24)25-15-7-5-14(6-8-15)22-11-18-19-20-22/h5-8,11-13H,1-4,9-10H2. The maximum absolute atomic E-state index is 12.4. The molecule has 8 heteroatoms. The van der Waals surface area contributed by atoms with Gasteiger partial charge in [-0.1, -0.05) is 0 Å². The number of rotatable bonds is 4.